The number of pyridine rings is 1. The summed E-state index contributed by atoms with van der Waals surface area (Å²) in [4.78, 5) is 20.2. The minimum absolute atomic E-state index is 0.172. The minimum atomic E-state index is -1.07. The molecule has 0 amide bonds. The number of aryl methyl sites for hydroxylation is 1. The predicted molar refractivity (Wildman–Crippen MR) is 206 cm³/mol. The summed E-state index contributed by atoms with van der Waals surface area (Å²) in [6, 6.07) is 13.9. The molecule has 9 heteroatoms. The van der Waals surface area contributed by atoms with Crippen LogP contribution in [0.15, 0.2) is 48.7 Å². The molecule has 0 saturated heterocycles. The quantitative estimate of drug-likeness (QED) is 0.191. The van der Waals surface area contributed by atoms with E-state index in [1.54, 1.807) is 0 Å². The molecule has 4 aliphatic rings. The van der Waals surface area contributed by atoms with Crippen molar-refractivity contribution in [3.05, 3.63) is 76.1 Å². The summed E-state index contributed by atoms with van der Waals surface area (Å²) in [5.41, 5.74) is 4.60. The van der Waals surface area contributed by atoms with Gasteiger partial charge in [-0.15, -0.1) is 0 Å². The van der Waals surface area contributed by atoms with Gasteiger partial charge in [-0.25, -0.2) is 4.79 Å². The zero-order valence-corrected chi connectivity index (χ0v) is 32.1. The number of nitrogens with zero attached hydrogens (tertiary/aromatic N) is 2. The second kappa shape index (κ2) is 15.5. The van der Waals surface area contributed by atoms with Crippen molar-refractivity contribution in [2.45, 2.75) is 102 Å². The molecular weight excluding hydrogens is 674 g/mol. The Balaban J connectivity index is 1.14. The van der Waals surface area contributed by atoms with Crippen LogP contribution < -0.4 is 19.5 Å². The molecule has 2 unspecified atom stereocenters. The maximum absolute atomic E-state index is 13.0. The second-order valence-corrected chi connectivity index (χ2v) is 16.6. The number of nitrogens with one attached hydrogen (secondary N) is 1. The van der Waals surface area contributed by atoms with Crippen molar-refractivity contribution in [1.29, 1.82) is 0 Å². The molecule has 7 rings (SSSR count). The second-order valence-electron chi connectivity index (χ2n) is 16.1. The lowest BCUT2D eigenvalue weighted by atomic mass is 9.59. The third-order valence-electron chi connectivity index (χ3n) is 12.7. The van der Waals surface area contributed by atoms with Gasteiger partial charge in [0.2, 0.25) is 0 Å². The molecule has 2 heterocycles. The Morgan fingerprint density at radius 2 is 1.85 bits per heavy atom. The van der Waals surface area contributed by atoms with E-state index in [4.69, 9.17) is 25.8 Å². The normalized spacial score (nSPS) is 27.1. The van der Waals surface area contributed by atoms with E-state index in [9.17, 15) is 9.90 Å². The molecule has 3 aliphatic carbocycles. The number of hydrogen-bond donors (Lipinski definition) is 2. The Labute approximate surface area is 314 Å². The molecule has 0 bridgehead atoms. The van der Waals surface area contributed by atoms with Crippen LogP contribution in [0.1, 0.15) is 101 Å². The van der Waals surface area contributed by atoms with Gasteiger partial charge in [-0.1, -0.05) is 45.4 Å². The van der Waals surface area contributed by atoms with Crippen molar-refractivity contribution in [2.24, 2.45) is 17.8 Å². The largest absolute Gasteiger partial charge is 0.493 e. The predicted octanol–water partition coefficient (Wildman–Crippen LogP) is 8.93. The Bertz CT molecular complexity index is 1740. The average molecular weight is 730 g/mol. The van der Waals surface area contributed by atoms with Crippen LogP contribution in [0.4, 0.5) is 5.69 Å². The number of carbonyl (C=O) groups is 1. The van der Waals surface area contributed by atoms with E-state index in [1.807, 2.05) is 36.5 Å². The molecule has 2 N–H and O–H groups in total. The van der Waals surface area contributed by atoms with Gasteiger partial charge >= 0.3 is 5.97 Å². The van der Waals surface area contributed by atoms with Crippen molar-refractivity contribution in [2.75, 3.05) is 44.8 Å². The van der Waals surface area contributed by atoms with Gasteiger partial charge < -0.3 is 29.5 Å². The van der Waals surface area contributed by atoms with Gasteiger partial charge in [0.25, 0.3) is 0 Å². The number of carboxylic acid groups (broad SMARTS) is 1. The first-order valence-electron chi connectivity index (χ1n) is 19.7. The maximum Gasteiger partial charge on any atom is 0.329 e. The molecule has 280 valence electrons. The Morgan fingerprint density at radius 1 is 1.10 bits per heavy atom. The molecular formula is C43H56ClN3O5. The fourth-order valence-electron chi connectivity index (χ4n) is 9.76. The third kappa shape index (κ3) is 7.35. The van der Waals surface area contributed by atoms with Crippen LogP contribution in [0.5, 0.6) is 17.2 Å². The first-order chi connectivity index (χ1) is 25.1. The van der Waals surface area contributed by atoms with Crippen molar-refractivity contribution in [3.8, 4) is 17.2 Å². The van der Waals surface area contributed by atoms with Gasteiger partial charge in [0.05, 0.1) is 19.8 Å². The number of hydrogen-bond acceptors (Lipinski definition) is 7. The average Bonchev–Trinajstić information content (AvgIpc) is 3.26. The van der Waals surface area contributed by atoms with Crippen molar-refractivity contribution in [3.63, 3.8) is 0 Å². The van der Waals surface area contributed by atoms with Crippen molar-refractivity contribution in [1.82, 2.24) is 9.88 Å². The molecule has 1 spiro atoms. The van der Waals surface area contributed by atoms with Gasteiger partial charge in [-0.3, -0.25) is 4.98 Å². The molecule has 1 aromatic heterocycles. The highest BCUT2D eigenvalue weighted by molar-refractivity contribution is 6.30. The molecule has 8 nitrogen and oxygen atoms in total. The van der Waals surface area contributed by atoms with Gasteiger partial charge in [-0.05, 0) is 142 Å². The number of ether oxygens (including phenoxy) is 3. The molecule has 0 radical (unpaired) electrons. The van der Waals surface area contributed by atoms with Crippen molar-refractivity contribution >= 4 is 23.3 Å². The molecule has 1 aliphatic heterocycles. The van der Waals surface area contributed by atoms with E-state index in [1.165, 1.54) is 35.2 Å². The topological polar surface area (TPSA) is 93.2 Å². The highest BCUT2D eigenvalue weighted by Crippen LogP contribution is 2.58. The molecule has 1 saturated carbocycles. The standard InChI is InChI=1S/C43H56ClN3O5/c1-5-47(6-2)24-30-26-51-38-21-31-20-32(19-28(3)25-50-37-13-18-45-36-12-7-9-29(4)40(36)37)42(35(31)23-39(38)52-27-30)14-16-43(17-15-42,41(48)49)46-34-11-8-10-33(44)22-34/h8,10-11,13,18,21-23,28-30,32,46H,5-7,9,12,14-17,19-20,24-27H2,1-4H3,(H,48,49)/t28-,29-,30?,32?,42?,43?/m1/s1. The fourth-order valence-corrected chi connectivity index (χ4v) is 9.95. The third-order valence-corrected chi connectivity index (χ3v) is 12.9. The lowest BCUT2D eigenvalue weighted by molar-refractivity contribution is -0.144. The summed E-state index contributed by atoms with van der Waals surface area (Å²) in [6.45, 7) is 13.9. The molecule has 52 heavy (non-hydrogen) atoms. The van der Waals surface area contributed by atoms with Crippen molar-refractivity contribution < 1.29 is 24.1 Å². The Morgan fingerprint density at radius 3 is 2.56 bits per heavy atom. The summed E-state index contributed by atoms with van der Waals surface area (Å²) < 4.78 is 19.6. The molecule has 3 aromatic rings. The van der Waals surface area contributed by atoms with Crippen LogP contribution in [0, 0.1) is 17.8 Å². The smallest absolute Gasteiger partial charge is 0.329 e. The molecule has 1 fully saturated rings. The maximum atomic E-state index is 13.0. The minimum Gasteiger partial charge on any atom is -0.493 e. The summed E-state index contributed by atoms with van der Waals surface area (Å²) in [5.74, 6) is 3.23. The van der Waals surface area contributed by atoms with E-state index < -0.39 is 11.5 Å². The van der Waals surface area contributed by atoms with E-state index in [0.717, 1.165) is 74.7 Å². The van der Waals surface area contributed by atoms with Gasteiger partial charge in [-0.2, -0.15) is 0 Å². The van der Waals surface area contributed by atoms with E-state index in [2.05, 4.69) is 55.0 Å². The number of rotatable bonds is 12. The fraction of sp³-hybridized carbons (Fsp3) is 0.581. The van der Waals surface area contributed by atoms with Gasteiger partial charge in [0.1, 0.15) is 11.3 Å². The SMILES string of the molecule is CCN(CC)CC1COc2cc3c(cc2OC1)C1(CCC(Nc2cccc(Cl)c2)(C(=O)O)CC1)C(C[C@@H](C)COc1ccnc2c1[C@H](C)CCC2)C3. The summed E-state index contributed by atoms with van der Waals surface area (Å²) in [5, 5.41) is 14.7. The van der Waals surface area contributed by atoms with Crippen LogP contribution >= 0.6 is 11.6 Å². The number of aliphatic carboxylic acids is 1. The van der Waals surface area contributed by atoms with Crippen LogP contribution in [0.3, 0.4) is 0 Å². The Kier molecular flexibility index (Phi) is 11.0. The van der Waals surface area contributed by atoms with E-state index in [-0.39, 0.29) is 5.41 Å². The van der Waals surface area contributed by atoms with Gasteiger partial charge in [0.15, 0.2) is 11.5 Å². The lowest BCUT2D eigenvalue weighted by Crippen LogP contribution is -2.53. The first kappa shape index (κ1) is 36.9. The van der Waals surface area contributed by atoms with E-state index >= 15 is 0 Å². The number of fused-ring (bicyclic) bond motifs is 4. The van der Waals surface area contributed by atoms with Gasteiger partial charge in [0, 0.05) is 40.6 Å². The number of benzene rings is 2. The summed E-state index contributed by atoms with van der Waals surface area (Å²) >= 11 is 6.31. The van der Waals surface area contributed by atoms with Crippen LogP contribution in [0.2, 0.25) is 5.02 Å². The van der Waals surface area contributed by atoms with E-state index in [0.29, 0.717) is 61.4 Å². The molecule has 4 atom stereocenters. The number of anilines is 1. The summed E-state index contributed by atoms with van der Waals surface area (Å²) in [7, 11) is 0. The van der Waals surface area contributed by atoms with Crippen LogP contribution in [-0.4, -0.2) is 66.0 Å². The molecule has 2 aromatic carbocycles. The summed E-state index contributed by atoms with van der Waals surface area (Å²) in [6.07, 6.45) is 9.73. The zero-order valence-electron chi connectivity index (χ0n) is 31.4. The monoisotopic (exact) mass is 729 g/mol. The van der Waals surface area contributed by atoms with Crippen LogP contribution in [-0.2, 0) is 23.1 Å². The van der Waals surface area contributed by atoms with Crippen LogP contribution in [0.25, 0.3) is 0 Å². The zero-order chi connectivity index (χ0) is 36.5. The number of carboxylic acids is 1. The highest BCUT2D eigenvalue weighted by Gasteiger charge is 2.54. The number of aromatic nitrogens is 1. The lowest BCUT2D eigenvalue weighted by Gasteiger charge is -2.47. The first-order valence-corrected chi connectivity index (χ1v) is 20.0. The number of halogens is 1. The highest BCUT2D eigenvalue weighted by atomic mass is 35.5. The Hall–Kier alpha value is -3.49.